The Morgan fingerprint density at radius 1 is 0.964 bits per heavy atom. The van der Waals surface area contributed by atoms with Crippen molar-refractivity contribution in [1.29, 1.82) is 0 Å². The summed E-state index contributed by atoms with van der Waals surface area (Å²) in [6.07, 6.45) is -1.77. The molecular weight excluding hydrogens is 373 g/mol. The summed E-state index contributed by atoms with van der Waals surface area (Å²) in [4.78, 5) is 15.9. The van der Waals surface area contributed by atoms with Crippen LogP contribution < -0.4 is 14.8 Å². The highest BCUT2D eigenvalue weighted by atomic mass is 19.4. The average Bonchev–Trinajstić information content (AvgIpc) is 2.68. The molecular formula is C20H15F3N2O3. The lowest BCUT2D eigenvalue weighted by Gasteiger charge is -2.14. The van der Waals surface area contributed by atoms with Crippen molar-refractivity contribution in [2.45, 2.75) is 12.9 Å². The van der Waals surface area contributed by atoms with Gasteiger partial charge in [-0.1, -0.05) is 24.3 Å². The number of nitrogens with zero attached hydrogens (tertiary/aromatic N) is 1. The van der Waals surface area contributed by atoms with Crippen molar-refractivity contribution < 1.29 is 27.4 Å². The molecule has 28 heavy (non-hydrogen) atoms. The number of pyridine rings is 1. The van der Waals surface area contributed by atoms with E-state index in [2.05, 4.69) is 15.0 Å². The fraction of sp³-hybridized carbons (Fsp3) is 0.100. The first-order valence-corrected chi connectivity index (χ1v) is 8.20. The van der Waals surface area contributed by atoms with Crippen molar-refractivity contribution >= 4 is 5.91 Å². The third-order valence-electron chi connectivity index (χ3n) is 3.60. The maximum absolute atomic E-state index is 12.5. The zero-order chi connectivity index (χ0) is 20.0. The summed E-state index contributed by atoms with van der Waals surface area (Å²) in [5.41, 5.74) is 1.24. The minimum atomic E-state index is -4.81. The Morgan fingerprint density at radius 3 is 2.32 bits per heavy atom. The minimum Gasteiger partial charge on any atom is -0.453 e. The Morgan fingerprint density at radius 2 is 1.68 bits per heavy atom. The number of hydrogen-bond acceptors (Lipinski definition) is 4. The van der Waals surface area contributed by atoms with Crippen molar-refractivity contribution in [3.8, 4) is 17.2 Å². The Kier molecular flexibility index (Phi) is 5.78. The number of nitrogens with one attached hydrogen (secondary N) is 1. The zero-order valence-electron chi connectivity index (χ0n) is 14.4. The summed E-state index contributed by atoms with van der Waals surface area (Å²) in [7, 11) is 0. The van der Waals surface area contributed by atoms with Crippen LogP contribution in [0.2, 0.25) is 0 Å². The molecule has 0 saturated carbocycles. The van der Waals surface area contributed by atoms with Gasteiger partial charge in [0, 0.05) is 18.9 Å². The molecule has 5 nitrogen and oxygen atoms in total. The minimum absolute atomic E-state index is 0.0579. The lowest BCUT2D eigenvalue weighted by molar-refractivity contribution is -0.275. The van der Waals surface area contributed by atoms with Gasteiger partial charge in [-0.05, 0) is 42.0 Å². The number of amides is 1. The van der Waals surface area contributed by atoms with Gasteiger partial charge >= 0.3 is 6.36 Å². The molecule has 2 aromatic carbocycles. The second-order valence-electron chi connectivity index (χ2n) is 5.66. The van der Waals surface area contributed by atoms with Crippen LogP contribution in [0.25, 0.3) is 0 Å². The quantitative estimate of drug-likeness (QED) is 0.665. The summed E-state index contributed by atoms with van der Waals surface area (Å²) in [6, 6.07) is 15.4. The summed E-state index contributed by atoms with van der Waals surface area (Å²) in [5, 5.41) is 2.75. The molecule has 0 fully saturated rings. The van der Waals surface area contributed by atoms with Crippen molar-refractivity contribution in [2.75, 3.05) is 0 Å². The molecule has 1 aromatic heterocycles. The van der Waals surface area contributed by atoms with Gasteiger partial charge in [0.1, 0.15) is 5.75 Å². The number of halogens is 3. The molecule has 3 rings (SSSR count). The second kappa shape index (κ2) is 8.43. The van der Waals surface area contributed by atoms with Gasteiger partial charge in [0.05, 0.1) is 5.56 Å². The fourth-order valence-corrected chi connectivity index (χ4v) is 2.33. The Balaban J connectivity index is 1.62. The first kappa shape index (κ1) is 19.2. The van der Waals surface area contributed by atoms with Gasteiger partial charge in [-0.25, -0.2) is 0 Å². The molecule has 1 N–H and O–H groups in total. The highest BCUT2D eigenvalue weighted by Gasteiger charge is 2.32. The van der Waals surface area contributed by atoms with E-state index in [1.165, 1.54) is 24.4 Å². The average molecular weight is 388 g/mol. The van der Waals surface area contributed by atoms with E-state index in [4.69, 9.17) is 4.74 Å². The number of aromatic nitrogens is 1. The number of carbonyl (C=O) groups is 1. The standard InChI is InChI=1S/C20H15F3N2O3/c21-20(22,23)28-18-6-2-1-5-17(18)27-16-9-7-14(8-10-16)12-25-19(26)15-4-3-11-24-13-15/h1-11,13H,12H2,(H,25,26). The van der Waals surface area contributed by atoms with Crippen LogP contribution in [-0.4, -0.2) is 17.3 Å². The monoisotopic (exact) mass is 388 g/mol. The number of carbonyl (C=O) groups excluding carboxylic acids is 1. The molecule has 0 aliphatic rings. The SMILES string of the molecule is O=C(NCc1ccc(Oc2ccccc2OC(F)(F)F)cc1)c1cccnc1. The van der Waals surface area contributed by atoms with Gasteiger partial charge in [-0.3, -0.25) is 9.78 Å². The molecule has 0 radical (unpaired) electrons. The summed E-state index contributed by atoms with van der Waals surface area (Å²) >= 11 is 0. The van der Waals surface area contributed by atoms with Crippen LogP contribution in [0, 0.1) is 0 Å². The van der Waals surface area contributed by atoms with Crippen LogP contribution in [0.4, 0.5) is 13.2 Å². The van der Waals surface area contributed by atoms with Gasteiger partial charge in [0.2, 0.25) is 0 Å². The van der Waals surface area contributed by atoms with E-state index in [9.17, 15) is 18.0 Å². The van der Waals surface area contributed by atoms with Crippen molar-refractivity contribution in [1.82, 2.24) is 10.3 Å². The molecule has 0 aliphatic heterocycles. The van der Waals surface area contributed by atoms with Gasteiger partial charge < -0.3 is 14.8 Å². The highest BCUT2D eigenvalue weighted by Crippen LogP contribution is 2.34. The van der Waals surface area contributed by atoms with Crippen LogP contribution in [0.1, 0.15) is 15.9 Å². The third kappa shape index (κ3) is 5.47. The summed E-state index contributed by atoms with van der Waals surface area (Å²) in [6.45, 7) is 0.280. The van der Waals surface area contributed by atoms with Gasteiger partial charge in [-0.2, -0.15) is 0 Å². The Hall–Kier alpha value is -3.55. The molecule has 0 bridgehead atoms. The molecule has 3 aromatic rings. The topological polar surface area (TPSA) is 60.5 Å². The predicted molar refractivity (Wildman–Crippen MR) is 95.0 cm³/mol. The van der Waals surface area contributed by atoms with Gasteiger partial charge in [0.15, 0.2) is 11.5 Å². The zero-order valence-corrected chi connectivity index (χ0v) is 14.4. The van der Waals surface area contributed by atoms with Crippen molar-refractivity contribution in [3.63, 3.8) is 0 Å². The van der Waals surface area contributed by atoms with E-state index in [-0.39, 0.29) is 18.2 Å². The molecule has 1 heterocycles. The molecule has 8 heteroatoms. The lowest BCUT2D eigenvalue weighted by Crippen LogP contribution is -2.22. The van der Waals surface area contributed by atoms with Crippen molar-refractivity contribution in [3.05, 3.63) is 84.2 Å². The van der Waals surface area contributed by atoms with Crippen molar-refractivity contribution in [2.24, 2.45) is 0 Å². The van der Waals surface area contributed by atoms with E-state index >= 15 is 0 Å². The lowest BCUT2D eigenvalue weighted by atomic mass is 10.2. The fourth-order valence-electron chi connectivity index (χ4n) is 2.33. The summed E-state index contributed by atoms with van der Waals surface area (Å²) in [5.74, 6) is -0.410. The number of hydrogen-bond donors (Lipinski definition) is 1. The van der Waals surface area contributed by atoms with Crippen LogP contribution in [0.15, 0.2) is 73.1 Å². The molecule has 0 atom stereocenters. The Labute approximate surface area is 158 Å². The first-order chi connectivity index (χ1) is 13.4. The number of ether oxygens (including phenoxy) is 2. The molecule has 0 unspecified atom stereocenters. The number of rotatable bonds is 6. The molecule has 0 spiro atoms. The number of benzene rings is 2. The number of para-hydroxylation sites is 2. The van der Waals surface area contributed by atoms with E-state index in [0.29, 0.717) is 11.3 Å². The Bertz CT molecular complexity index is 929. The number of alkyl halides is 3. The highest BCUT2D eigenvalue weighted by molar-refractivity contribution is 5.93. The van der Waals surface area contributed by atoms with Crippen LogP contribution in [0.3, 0.4) is 0 Å². The first-order valence-electron chi connectivity index (χ1n) is 8.20. The second-order valence-corrected chi connectivity index (χ2v) is 5.66. The van der Waals surface area contributed by atoms with Crippen LogP contribution in [-0.2, 0) is 6.54 Å². The molecule has 1 amide bonds. The smallest absolute Gasteiger partial charge is 0.453 e. The van der Waals surface area contributed by atoms with E-state index in [1.54, 1.807) is 48.7 Å². The predicted octanol–water partition coefficient (Wildman–Crippen LogP) is 4.70. The maximum atomic E-state index is 12.5. The van der Waals surface area contributed by atoms with Gasteiger partial charge in [0.25, 0.3) is 5.91 Å². The molecule has 144 valence electrons. The van der Waals surface area contributed by atoms with Crippen LogP contribution >= 0.6 is 0 Å². The van der Waals surface area contributed by atoms with E-state index in [0.717, 1.165) is 5.56 Å². The maximum Gasteiger partial charge on any atom is 0.573 e. The normalized spacial score (nSPS) is 11.0. The van der Waals surface area contributed by atoms with Gasteiger partial charge in [-0.15, -0.1) is 13.2 Å². The largest absolute Gasteiger partial charge is 0.573 e. The molecule has 0 saturated heterocycles. The summed E-state index contributed by atoms with van der Waals surface area (Å²) < 4.78 is 46.9. The third-order valence-corrected chi connectivity index (χ3v) is 3.60. The van der Waals surface area contributed by atoms with E-state index in [1.807, 2.05) is 0 Å². The van der Waals surface area contributed by atoms with E-state index < -0.39 is 12.1 Å². The van der Waals surface area contributed by atoms with Crippen LogP contribution in [0.5, 0.6) is 17.2 Å². The molecule has 0 aliphatic carbocycles.